The second kappa shape index (κ2) is 4.58. The summed E-state index contributed by atoms with van der Waals surface area (Å²) in [6.45, 7) is 5.89. The minimum absolute atomic E-state index is 0.530. The van der Waals surface area contributed by atoms with Gasteiger partial charge >= 0.3 is 0 Å². The van der Waals surface area contributed by atoms with Crippen molar-refractivity contribution in [2.75, 3.05) is 19.8 Å². The fourth-order valence-electron chi connectivity index (χ4n) is 1.82. The number of aryl methyl sites for hydroxylation is 1. The largest absolute Gasteiger partial charge is 0.486 e. The molecule has 2 N–H and O–H groups in total. The highest BCUT2D eigenvalue weighted by Crippen LogP contribution is 2.39. The van der Waals surface area contributed by atoms with Crippen LogP contribution in [0.1, 0.15) is 16.7 Å². The van der Waals surface area contributed by atoms with E-state index in [1.165, 1.54) is 5.56 Å². The number of benzene rings is 1. The van der Waals surface area contributed by atoms with Gasteiger partial charge in [0.15, 0.2) is 11.5 Å². The molecule has 0 saturated heterocycles. The first kappa shape index (κ1) is 11.0. The molecule has 0 spiro atoms. The van der Waals surface area contributed by atoms with Crippen LogP contribution in [-0.2, 0) is 0 Å². The van der Waals surface area contributed by atoms with Gasteiger partial charge in [0.1, 0.15) is 13.2 Å². The Morgan fingerprint density at radius 2 is 1.94 bits per heavy atom. The normalized spacial score (nSPS) is 14.4. The van der Waals surface area contributed by atoms with E-state index in [9.17, 15) is 0 Å². The van der Waals surface area contributed by atoms with Crippen molar-refractivity contribution < 1.29 is 9.47 Å². The Bertz CT molecular complexity index is 424. The molecule has 0 aliphatic carbocycles. The maximum absolute atomic E-state index is 5.67. The van der Waals surface area contributed by atoms with Gasteiger partial charge in [-0.15, -0.1) is 0 Å². The van der Waals surface area contributed by atoms with Crippen LogP contribution in [0.25, 0.3) is 6.08 Å². The zero-order valence-electron chi connectivity index (χ0n) is 9.75. The van der Waals surface area contributed by atoms with Crippen LogP contribution in [-0.4, -0.2) is 19.8 Å². The average Bonchev–Trinajstić information content (AvgIpc) is 2.32. The van der Waals surface area contributed by atoms with E-state index in [1.54, 1.807) is 0 Å². The lowest BCUT2D eigenvalue weighted by Gasteiger charge is -2.23. The Balaban J connectivity index is 2.52. The zero-order valence-corrected chi connectivity index (χ0v) is 9.75. The molecule has 0 bridgehead atoms. The molecule has 1 aliphatic heterocycles. The van der Waals surface area contributed by atoms with E-state index in [-0.39, 0.29) is 0 Å². The van der Waals surface area contributed by atoms with Crippen molar-refractivity contribution in [1.82, 2.24) is 0 Å². The van der Waals surface area contributed by atoms with E-state index in [0.29, 0.717) is 19.8 Å². The molecule has 1 aromatic rings. The number of ether oxygens (including phenoxy) is 2. The number of fused-ring (bicyclic) bond motifs is 1. The quantitative estimate of drug-likeness (QED) is 0.828. The second-order valence-corrected chi connectivity index (χ2v) is 3.90. The molecule has 2 rings (SSSR count). The molecule has 1 aromatic carbocycles. The van der Waals surface area contributed by atoms with Crippen molar-refractivity contribution in [2.24, 2.45) is 5.73 Å². The number of hydrogen-bond acceptors (Lipinski definition) is 3. The Labute approximate surface area is 95.9 Å². The second-order valence-electron chi connectivity index (χ2n) is 3.90. The molecule has 0 radical (unpaired) electrons. The lowest BCUT2D eigenvalue weighted by Crippen LogP contribution is -2.17. The van der Waals surface area contributed by atoms with E-state index >= 15 is 0 Å². The molecule has 0 aromatic heterocycles. The van der Waals surface area contributed by atoms with Crippen molar-refractivity contribution in [2.45, 2.75) is 13.8 Å². The summed E-state index contributed by atoms with van der Waals surface area (Å²) in [4.78, 5) is 0. The summed E-state index contributed by atoms with van der Waals surface area (Å²) in [7, 11) is 0. The van der Waals surface area contributed by atoms with Gasteiger partial charge in [0, 0.05) is 12.1 Å². The van der Waals surface area contributed by atoms with Crippen LogP contribution in [0.5, 0.6) is 11.5 Å². The Morgan fingerprint density at radius 3 is 2.62 bits per heavy atom. The number of nitrogens with two attached hydrogens (primary N) is 1. The molecule has 0 saturated carbocycles. The summed E-state index contributed by atoms with van der Waals surface area (Å²) < 4.78 is 11.3. The molecule has 16 heavy (non-hydrogen) atoms. The van der Waals surface area contributed by atoms with Crippen molar-refractivity contribution in [3.63, 3.8) is 0 Å². The monoisotopic (exact) mass is 219 g/mol. The van der Waals surface area contributed by atoms with Crippen LogP contribution >= 0.6 is 0 Å². The SMILES string of the molecule is Cc1cc(/C=C/CN)c2c(c1C)OCCO2. The average molecular weight is 219 g/mol. The van der Waals surface area contributed by atoms with Crippen LogP contribution in [0.15, 0.2) is 12.1 Å². The molecule has 0 amide bonds. The predicted molar refractivity (Wildman–Crippen MR) is 65.0 cm³/mol. The first-order valence-electron chi connectivity index (χ1n) is 5.50. The Kier molecular flexibility index (Phi) is 3.15. The van der Waals surface area contributed by atoms with Crippen molar-refractivity contribution in [3.05, 3.63) is 28.8 Å². The summed E-state index contributed by atoms with van der Waals surface area (Å²) in [5.41, 5.74) is 8.87. The van der Waals surface area contributed by atoms with Gasteiger partial charge in [-0.05, 0) is 31.0 Å². The summed E-state index contributed by atoms with van der Waals surface area (Å²) in [5, 5.41) is 0. The summed E-state index contributed by atoms with van der Waals surface area (Å²) in [5.74, 6) is 1.72. The molecule has 3 nitrogen and oxygen atoms in total. The Hall–Kier alpha value is -1.48. The highest BCUT2D eigenvalue weighted by molar-refractivity contribution is 5.66. The van der Waals surface area contributed by atoms with E-state index in [2.05, 4.69) is 19.9 Å². The van der Waals surface area contributed by atoms with Gasteiger partial charge in [0.05, 0.1) is 0 Å². The molecule has 1 aliphatic rings. The van der Waals surface area contributed by atoms with E-state index < -0.39 is 0 Å². The third kappa shape index (κ3) is 1.91. The molecule has 1 heterocycles. The molecule has 86 valence electrons. The van der Waals surface area contributed by atoms with Crippen LogP contribution < -0.4 is 15.2 Å². The summed E-state index contributed by atoms with van der Waals surface area (Å²) in [6.07, 6.45) is 3.91. The minimum atomic E-state index is 0.530. The summed E-state index contributed by atoms with van der Waals surface area (Å²) >= 11 is 0. The first-order chi connectivity index (χ1) is 7.74. The third-order valence-electron chi connectivity index (χ3n) is 2.78. The lowest BCUT2D eigenvalue weighted by atomic mass is 10.0. The maximum Gasteiger partial charge on any atom is 0.168 e. The molecule has 0 atom stereocenters. The van der Waals surface area contributed by atoms with Crippen molar-refractivity contribution in [1.29, 1.82) is 0 Å². The van der Waals surface area contributed by atoms with Gasteiger partial charge in [-0.1, -0.05) is 12.2 Å². The van der Waals surface area contributed by atoms with Gasteiger partial charge in [0.25, 0.3) is 0 Å². The van der Waals surface area contributed by atoms with E-state index in [1.807, 2.05) is 12.2 Å². The highest BCUT2D eigenvalue weighted by Gasteiger charge is 2.18. The van der Waals surface area contributed by atoms with Gasteiger partial charge in [-0.2, -0.15) is 0 Å². The summed E-state index contributed by atoms with van der Waals surface area (Å²) in [6, 6.07) is 2.11. The molecular formula is C13H17NO2. The van der Waals surface area contributed by atoms with E-state index in [4.69, 9.17) is 15.2 Å². The zero-order chi connectivity index (χ0) is 11.5. The van der Waals surface area contributed by atoms with Crippen molar-refractivity contribution in [3.8, 4) is 11.5 Å². The molecule has 0 unspecified atom stereocenters. The number of rotatable bonds is 2. The topological polar surface area (TPSA) is 44.5 Å². The Morgan fingerprint density at radius 1 is 1.25 bits per heavy atom. The van der Waals surface area contributed by atoms with Gasteiger partial charge in [-0.25, -0.2) is 0 Å². The lowest BCUT2D eigenvalue weighted by molar-refractivity contribution is 0.170. The maximum atomic E-state index is 5.67. The standard InChI is InChI=1S/C13H17NO2/c1-9-8-11(4-3-5-14)13-12(10(9)2)15-6-7-16-13/h3-4,8H,5-7,14H2,1-2H3/b4-3+. The fraction of sp³-hybridized carbons (Fsp3) is 0.385. The smallest absolute Gasteiger partial charge is 0.168 e. The first-order valence-corrected chi connectivity index (χ1v) is 5.50. The molecule has 0 fully saturated rings. The van der Waals surface area contributed by atoms with Gasteiger partial charge in [-0.3, -0.25) is 0 Å². The van der Waals surface area contributed by atoms with Crippen LogP contribution in [0.4, 0.5) is 0 Å². The number of hydrogen-bond donors (Lipinski definition) is 1. The van der Waals surface area contributed by atoms with Gasteiger partial charge in [0.2, 0.25) is 0 Å². The van der Waals surface area contributed by atoms with Crippen molar-refractivity contribution >= 4 is 6.08 Å². The predicted octanol–water partition coefficient (Wildman–Crippen LogP) is 2.05. The molecular weight excluding hydrogens is 202 g/mol. The molecule has 3 heteroatoms. The minimum Gasteiger partial charge on any atom is -0.486 e. The van der Waals surface area contributed by atoms with E-state index in [0.717, 1.165) is 22.6 Å². The van der Waals surface area contributed by atoms with Crippen LogP contribution in [0, 0.1) is 13.8 Å². The third-order valence-corrected chi connectivity index (χ3v) is 2.78. The fourth-order valence-corrected chi connectivity index (χ4v) is 1.82. The van der Waals surface area contributed by atoms with Gasteiger partial charge < -0.3 is 15.2 Å². The highest BCUT2D eigenvalue weighted by atomic mass is 16.6. The van der Waals surface area contributed by atoms with Crippen LogP contribution in [0.3, 0.4) is 0 Å². The van der Waals surface area contributed by atoms with Crippen LogP contribution in [0.2, 0.25) is 0 Å².